The van der Waals surface area contributed by atoms with Crippen molar-refractivity contribution in [3.05, 3.63) is 41.0 Å². The predicted molar refractivity (Wildman–Crippen MR) is 99.7 cm³/mol. The fourth-order valence-corrected chi connectivity index (χ4v) is 4.04. The third kappa shape index (κ3) is 2.81. The number of phenolic OH excluding ortho intramolecular Hbond substituents is 2. The van der Waals surface area contributed by atoms with E-state index in [1.54, 1.807) is 13.2 Å². The van der Waals surface area contributed by atoms with Gasteiger partial charge >= 0.3 is 0 Å². The molecule has 1 aliphatic rings. The molecule has 140 valence electrons. The molecule has 0 bridgehead atoms. The largest absolute Gasteiger partial charge is 0.504 e. The average molecular weight is 358 g/mol. The van der Waals surface area contributed by atoms with Crippen LogP contribution in [0.1, 0.15) is 36.5 Å². The van der Waals surface area contributed by atoms with Crippen LogP contribution < -0.4 is 14.2 Å². The molecule has 2 aromatic rings. The lowest BCUT2D eigenvalue weighted by atomic mass is 9.67. The van der Waals surface area contributed by atoms with Gasteiger partial charge in [-0.1, -0.05) is 19.9 Å². The zero-order valence-corrected chi connectivity index (χ0v) is 15.9. The second kappa shape index (κ2) is 6.98. The molecular formula is C21H26O5. The molecule has 0 saturated carbocycles. The molecule has 1 aliphatic carbocycles. The summed E-state index contributed by atoms with van der Waals surface area (Å²) in [5.41, 5.74) is 3.10. The molecule has 3 atom stereocenters. The molecule has 5 nitrogen and oxygen atoms in total. The van der Waals surface area contributed by atoms with Gasteiger partial charge in [0.1, 0.15) is 0 Å². The number of fused-ring (bicyclic) bond motifs is 1. The van der Waals surface area contributed by atoms with Crippen LogP contribution in [0.4, 0.5) is 0 Å². The zero-order valence-electron chi connectivity index (χ0n) is 15.9. The Balaban J connectivity index is 2.26. The number of rotatable bonds is 4. The Morgan fingerprint density at radius 3 is 2.23 bits per heavy atom. The van der Waals surface area contributed by atoms with E-state index < -0.39 is 0 Å². The van der Waals surface area contributed by atoms with Gasteiger partial charge in [0.05, 0.1) is 21.3 Å². The first-order valence-electron chi connectivity index (χ1n) is 8.76. The van der Waals surface area contributed by atoms with Crippen molar-refractivity contribution in [3.63, 3.8) is 0 Å². The van der Waals surface area contributed by atoms with Gasteiger partial charge in [-0.05, 0) is 47.6 Å². The molecule has 0 aliphatic heterocycles. The first-order chi connectivity index (χ1) is 12.4. The van der Waals surface area contributed by atoms with Gasteiger partial charge in [0.2, 0.25) is 5.75 Å². The highest BCUT2D eigenvalue weighted by atomic mass is 16.5. The van der Waals surface area contributed by atoms with Crippen LogP contribution >= 0.6 is 0 Å². The predicted octanol–water partition coefficient (Wildman–Crippen LogP) is 4.08. The normalized spacial score (nSPS) is 21.8. The second-order valence-corrected chi connectivity index (χ2v) is 6.98. The van der Waals surface area contributed by atoms with E-state index in [0.717, 1.165) is 23.1 Å². The molecule has 3 rings (SSSR count). The monoisotopic (exact) mass is 358 g/mol. The summed E-state index contributed by atoms with van der Waals surface area (Å²) in [7, 11) is 4.64. The minimum absolute atomic E-state index is 0.00926. The van der Waals surface area contributed by atoms with Gasteiger partial charge in [-0.15, -0.1) is 0 Å². The van der Waals surface area contributed by atoms with Crippen molar-refractivity contribution in [1.82, 2.24) is 0 Å². The van der Waals surface area contributed by atoms with Crippen LogP contribution in [0, 0.1) is 11.8 Å². The summed E-state index contributed by atoms with van der Waals surface area (Å²) in [5.74, 6) is 2.20. The maximum Gasteiger partial charge on any atom is 0.201 e. The topological polar surface area (TPSA) is 68.2 Å². The highest BCUT2D eigenvalue weighted by Gasteiger charge is 2.37. The Hall–Kier alpha value is -2.56. The van der Waals surface area contributed by atoms with Crippen LogP contribution in [-0.2, 0) is 6.42 Å². The summed E-state index contributed by atoms with van der Waals surface area (Å²) in [5, 5.41) is 20.5. The van der Waals surface area contributed by atoms with E-state index in [4.69, 9.17) is 14.2 Å². The van der Waals surface area contributed by atoms with E-state index in [1.807, 2.05) is 18.2 Å². The molecule has 26 heavy (non-hydrogen) atoms. The number of hydrogen-bond acceptors (Lipinski definition) is 5. The van der Waals surface area contributed by atoms with Crippen LogP contribution in [0.2, 0.25) is 0 Å². The first-order valence-corrected chi connectivity index (χ1v) is 8.76. The van der Waals surface area contributed by atoms with E-state index in [1.165, 1.54) is 14.2 Å². The number of aromatic hydroxyl groups is 2. The van der Waals surface area contributed by atoms with Gasteiger partial charge in [0.15, 0.2) is 23.0 Å². The molecule has 0 spiro atoms. The Labute approximate surface area is 154 Å². The molecule has 5 heteroatoms. The van der Waals surface area contributed by atoms with Crippen molar-refractivity contribution in [2.24, 2.45) is 11.8 Å². The lowest BCUT2D eigenvalue weighted by Gasteiger charge is -2.38. The summed E-state index contributed by atoms with van der Waals surface area (Å²) >= 11 is 0. The van der Waals surface area contributed by atoms with E-state index >= 15 is 0 Å². The van der Waals surface area contributed by atoms with Gasteiger partial charge in [-0.2, -0.15) is 0 Å². The van der Waals surface area contributed by atoms with E-state index in [9.17, 15) is 10.2 Å². The van der Waals surface area contributed by atoms with Crippen LogP contribution in [0.3, 0.4) is 0 Å². The van der Waals surface area contributed by atoms with Crippen LogP contribution in [0.25, 0.3) is 0 Å². The molecule has 0 amide bonds. The molecule has 0 unspecified atom stereocenters. The SMILES string of the molecule is COc1cc([C@@H]2c3c(cc(OC)c(O)c3OC)C[C@@H](C)[C@H]2C)ccc1O. The quantitative estimate of drug-likeness (QED) is 0.862. The first kappa shape index (κ1) is 18.2. The maximum atomic E-state index is 10.6. The van der Waals surface area contributed by atoms with E-state index in [0.29, 0.717) is 29.1 Å². The summed E-state index contributed by atoms with van der Waals surface area (Å²) < 4.78 is 16.2. The number of phenols is 2. The van der Waals surface area contributed by atoms with Crippen molar-refractivity contribution >= 4 is 0 Å². The van der Waals surface area contributed by atoms with Gasteiger partial charge in [0, 0.05) is 11.5 Å². The Morgan fingerprint density at radius 1 is 0.923 bits per heavy atom. The van der Waals surface area contributed by atoms with Gasteiger partial charge in [-0.25, -0.2) is 0 Å². The Morgan fingerprint density at radius 2 is 1.62 bits per heavy atom. The van der Waals surface area contributed by atoms with Crippen LogP contribution in [0.5, 0.6) is 28.7 Å². The summed E-state index contributed by atoms with van der Waals surface area (Å²) in [6.45, 7) is 4.43. The highest BCUT2D eigenvalue weighted by molar-refractivity contribution is 5.62. The minimum atomic E-state index is 0.00926. The van der Waals surface area contributed by atoms with Gasteiger partial charge in [0.25, 0.3) is 0 Å². The minimum Gasteiger partial charge on any atom is -0.504 e. The average Bonchev–Trinajstić information content (AvgIpc) is 2.64. The van der Waals surface area contributed by atoms with E-state index in [2.05, 4.69) is 13.8 Å². The Bertz CT molecular complexity index is 815. The van der Waals surface area contributed by atoms with Crippen molar-refractivity contribution in [1.29, 1.82) is 0 Å². The zero-order chi connectivity index (χ0) is 19.0. The summed E-state index contributed by atoms with van der Waals surface area (Å²) in [4.78, 5) is 0. The van der Waals surface area contributed by atoms with Crippen LogP contribution in [0.15, 0.2) is 24.3 Å². The standard InChI is InChI=1S/C21H26O5/c1-11-8-14-10-17(25-4)20(23)21(26-5)19(14)18(12(11)2)13-6-7-15(22)16(9-13)24-3/h6-7,9-12,18,22-23H,8H2,1-5H3/t11-,12-,18-/m1/s1. The molecule has 2 N–H and O–H groups in total. The van der Waals surface area contributed by atoms with Crippen molar-refractivity contribution in [2.75, 3.05) is 21.3 Å². The van der Waals surface area contributed by atoms with Gasteiger partial charge in [-0.3, -0.25) is 0 Å². The number of hydrogen-bond donors (Lipinski definition) is 2. The molecular weight excluding hydrogens is 332 g/mol. The molecule has 0 radical (unpaired) electrons. The molecule has 0 heterocycles. The number of ether oxygens (including phenoxy) is 3. The molecule has 0 fully saturated rings. The fourth-order valence-electron chi connectivity index (χ4n) is 4.04. The van der Waals surface area contributed by atoms with Crippen molar-refractivity contribution in [3.8, 4) is 28.7 Å². The smallest absolute Gasteiger partial charge is 0.201 e. The molecule has 0 aromatic heterocycles. The third-order valence-corrected chi connectivity index (χ3v) is 5.61. The van der Waals surface area contributed by atoms with Crippen molar-refractivity contribution < 1.29 is 24.4 Å². The fraction of sp³-hybridized carbons (Fsp3) is 0.429. The lowest BCUT2D eigenvalue weighted by Crippen LogP contribution is -2.27. The molecule has 0 saturated heterocycles. The number of methoxy groups -OCH3 is 3. The highest BCUT2D eigenvalue weighted by Crippen LogP contribution is 2.53. The number of benzene rings is 2. The Kier molecular flexibility index (Phi) is 4.90. The van der Waals surface area contributed by atoms with Crippen LogP contribution in [-0.4, -0.2) is 31.5 Å². The second-order valence-electron chi connectivity index (χ2n) is 6.98. The molecule has 2 aromatic carbocycles. The van der Waals surface area contributed by atoms with E-state index in [-0.39, 0.29) is 17.4 Å². The lowest BCUT2D eigenvalue weighted by molar-refractivity contribution is 0.297. The summed E-state index contributed by atoms with van der Waals surface area (Å²) in [6.07, 6.45) is 0.884. The summed E-state index contributed by atoms with van der Waals surface area (Å²) in [6, 6.07) is 7.32. The van der Waals surface area contributed by atoms with Crippen molar-refractivity contribution in [2.45, 2.75) is 26.2 Å². The van der Waals surface area contributed by atoms with Gasteiger partial charge < -0.3 is 24.4 Å². The maximum absolute atomic E-state index is 10.6. The third-order valence-electron chi connectivity index (χ3n) is 5.61.